The van der Waals surface area contributed by atoms with E-state index in [9.17, 15) is 18.0 Å². The molecular formula is C18H19F3N2O. The maximum Gasteiger partial charge on any atom is 0.416 e. The van der Waals surface area contributed by atoms with Crippen LogP contribution in [0.15, 0.2) is 42.5 Å². The van der Waals surface area contributed by atoms with Gasteiger partial charge in [0.25, 0.3) is 0 Å². The number of nitrogens with two attached hydrogens (primary N) is 1. The topological polar surface area (TPSA) is 55.1 Å². The van der Waals surface area contributed by atoms with Gasteiger partial charge in [-0.25, -0.2) is 0 Å². The standard InChI is InChI=1S/C18H19F3N2O/c1-11-7-8-13(22)10-16(11)23-17(24)9-12(2)14-5-3-4-6-15(14)18(19,20)21/h3-8,10,12H,9,22H2,1-2H3,(H,23,24). The Morgan fingerprint density at radius 2 is 1.88 bits per heavy atom. The van der Waals surface area contributed by atoms with E-state index >= 15 is 0 Å². The Balaban J connectivity index is 2.14. The number of halogens is 3. The van der Waals surface area contributed by atoms with Gasteiger partial charge in [0.2, 0.25) is 5.91 Å². The fourth-order valence-electron chi connectivity index (χ4n) is 2.55. The fourth-order valence-corrected chi connectivity index (χ4v) is 2.55. The zero-order valence-electron chi connectivity index (χ0n) is 13.4. The number of hydrogen-bond donors (Lipinski definition) is 2. The van der Waals surface area contributed by atoms with Crippen LogP contribution in [-0.2, 0) is 11.0 Å². The molecule has 0 bridgehead atoms. The quantitative estimate of drug-likeness (QED) is 0.793. The van der Waals surface area contributed by atoms with Gasteiger partial charge in [0, 0.05) is 17.8 Å². The summed E-state index contributed by atoms with van der Waals surface area (Å²) in [5, 5.41) is 2.71. The fraction of sp³-hybridized carbons (Fsp3) is 0.278. The summed E-state index contributed by atoms with van der Waals surface area (Å²) < 4.78 is 39.2. The molecule has 0 saturated carbocycles. The van der Waals surface area contributed by atoms with Crippen molar-refractivity contribution in [2.45, 2.75) is 32.4 Å². The second-order valence-corrected chi connectivity index (χ2v) is 5.81. The number of alkyl halides is 3. The number of nitrogen functional groups attached to an aromatic ring is 1. The molecule has 1 unspecified atom stereocenters. The number of amides is 1. The average molecular weight is 336 g/mol. The summed E-state index contributed by atoms with van der Waals surface area (Å²) in [4.78, 5) is 12.2. The van der Waals surface area contributed by atoms with Crippen molar-refractivity contribution in [1.82, 2.24) is 0 Å². The van der Waals surface area contributed by atoms with Crippen molar-refractivity contribution in [2.75, 3.05) is 11.1 Å². The minimum Gasteiger partial charge on any atom is -0.399 e. The number of aryl methyl sites for hydroxylation is 1. The first kappa shape index (κ1) is 17.8. The molecule has 2 rings (SSSR count). The summed E-state index contributed by atoms with van der Waals surface area (Å²) in [6.45, 7) is 3.42. The van der Waals surface area contributed by atoms with Crippen molar-refractivity contribution < 1.29 is 18.0 Å². The van der Waals surface area contributed by atoms with Crippen molar-refractivity contribution in [2.24, 2.45) is 0 Å². The normalized spacial score (nSPS) is 12.7. The first-order chi connectivity index (χ1) is 11.2. The van der Waals surface area contributed by atoms with Gasteiger partial charge in [0.1, 0.15) is 0 Å². The Kier molecular flexibility index (Phi) is 5.17. The van der Waals surface area contributed by atoms with Crippen LogP contribution in [0.2, 0.25) is 0 Å². The molecule has 1 amide bonds. The van der Waals surface area contributed by atoms with Crippen molar-refractivity contribution in [3.8, 4) is 0 Å². The first-order valence-corrected chi connectivity index (χ1v) is 7.50. The summed E-state index contributed by atoms with van der Waals surface area (Å²) in [5.74, 6) is -0.919. The lowest BCUT2D eigenvalue weighted by atomic mass is 9.92. The summed E-state index contributed by atoms with van der Waals surface area (Å²) in [6, 6.07) is 10.4. The van der Waals surface area contributed by atoms with E-state index in [1.807, 2.05) is 6.92 Å². The number of hydrogen-bond acceptors (Lipinski definition) is 2. The number of benzene rings is 2. The molecule has 0 saturated heterocycles. The molecule has 0 aromatic heterocycles. The van der Waals surface area contributed by atoms with Crippen LogP contribution in [0.4, 0.5) is 24.5 Å². The third-order valence-corrected chi connectivity index (χ3v) is 3.82. The van der Waals surface area contributed by atoms with E-state index in [1.54, 1.807) is 31.2 Å². The highest BCUT2D eigenvalue weighted by Crippen LogP contribution is 2.36. The van der Waals surface area contributed by atoms with E-state index in [0.29, 0.717) is 11.4 Å². The van der Waals surface area contributed by atoms with Crippen LogP contribution < -0.4 is 11.1 Å². The van der Waals surface area contributed by atoms with E-state index in [2.05, 4.69) is 5.32 Å². The minimum atomic E-state index is -4.44. The van der Waals surface area contributed by atoms with Gasteiger partial charge < -0.3 is 11.1 Å². The smallest absolute Gasteiger partial charge is 0.399 e. The van der Waals surface area contributed by atoms with Gasteiger partial charge in [0.05, 0.1) is 5.56 Å². The minimum absolute atomic E-state index is 0.0542. The van der Waals surface area contributed by atoms with Crippen LogP contribution in [0.1, 0.15) is 36.0 Å². The summed E-state index contributed by atoms with van der Waals surface area (Å²) in [7, 11) is 0. The van der Waals surface area contributed by atoms with Crippen LogP contribution in [-0.4, -0.2) is 5.91 Å². The first-order valence-electron chi connectivity index (χ1n) is 7.50. The number of anilines is 2. The molecule has 2 aromatic rings. The maximum absolute atomic E-state index is 13.1. The third kappa shape index (κ3) is 4.28. The molecule has 24 heavy (non-hydrogen) atoms. The molecule has 0 aliphatic rings. The molecule has 6 heteroatoms. The predicted octanol–water partition coefficient (Wildman–Crippen LogP) is 4.73. The monoisotopic (exact) mass is 336 g/mol. The van der Waals surface area contributed by atoms with Crippen LogP contribution in [0.5, 0.6) is 0 Å². The van der Waals surface area contributed by atoms with Crippen molar-refractivity contribution in [1.29, 1.82) is 0 Å². The lowest BCUT2D eigenvalue weighted by Crippen LogP contribution is -2.17. The lowest BCUT2D eigenvalue weighted by Gasteiger charge is -2.18. The largest absolute Gasteiger partial charge is 0.416 e. The molecule has 1 atom stereocenters. The number of carbonyl (C=O) groups excluding carboxylic acids is 1. The van der Waals surface area contributed by atoms with Gasteiger partial charge >= 0.3 is 6.18 Å². The van der Waals surface area contributed by atoms with Crippen LogP contribution in [0.3, 0.4) is 0 Å². The van der Waals surface area contributed by atoms with E-state index in [1.165, 1.54) is 12.1 Å². The van der Waals surface area contributed by atoms with E-state index in [0.717, 1.165) is 11.6 Å². The lowest BCUT2D eigenvalue weighted by molar-refractivity contribution is -0.138. The highest BCUT2D eigenvalue weighted by atomic mass is 19.4. The van der Waals surface area contributed by atoms with Gasteiger partial charge in [-0.05, 0) is 42.2 Å². The number of rotatable bonds is 4. The molecule has 2 aromatic carbocycles. The zero-order valence-corrected chi connectivity index (χ0v) is 13.4. The Morgan fingerprint density at radius 3 is 2.54 bits per heavy atom. The molecule has 128 valence electrons. The predicted molar refractivity (Wildman–Crippen MR) is 88.7 cm³/mol. The molecular weight excluding hydrogens is 317 g/mol. The Labute approximate surface area is 138 Å². The summed E-state index contributed by atoms with van der Waals surface area (Å²) in [5.41, 5.74) is 7.00. The van der Waals surface area contributed by atoms with Gasteiger partial charge in [0.15, 0.2) is 0 Å². The molecule has 0 heterocycles. The molecule has 0 radical (unpaired) electrons. The van der Waals surface area contributed by atoms with E-state index in [4.69, 9.17) is 5.73 Å². The maximum atomic E-state index is 13.1. The van der Waals surface area contributed by atoms with Gasteiger partial charge in [-0.3, -0.25) is 4.79 Å². The van der Waals surface area contributed by atoms with Crippen LogP contribution >= 0.6 is 0 Å². The number of nitrogens with one attached hydrogen (secondary N) is 1. The Bertz CT molecular complexity index is 741. The van der Waals surface area contributed by atoms with Gasteiger partial charge in [-0.15, -0.1) is 0 Å². The Hall–Kier alpha value is -2.50. The average Bonchev–Trinajstić information content (AvgIpc) is 2.50. The highest BCUT2D eigenvalue weighted by Gasteiger charge is 2.34. The summed E-state index contributed by atoms with van der Waals surface area (Å²) in [6.07, 6.45) is -4.49. The van der Waals surface area contributed by atoms with Crippen molar-refractivity contribution in [3.63, 3.8) is 0 Å². The molecule has 0 spiro atoms. The van der Waals surface area contributed by atoms with Crippen molar-refractivity contribution in [3.05, 3.63) is 59.2 Å². The molecule has 0 aliphatic carbocycles. The van der Waals surface area contributed by atoms with Gasteiger partial charge in [-0.1, -0.05) is 31.2 Å². The molecule has 3 N–H and O–H groups in total. The second-order valence-electron chi connectivity index (χ2n) is 5.81. The SMILES string of the molecule is Cc1ccc(N)cc1NC(=O)CC(C)c1ccccc1C(F)(F)F. The molecule has 0 fully saturated rings. The number of carbonyl (C=O) groups is 1. The van der Waals surface area contributed by atoms with Gasteiger partial charge in [-0.2, -0.15) is 13.2 Å². The van der Waals surface area contributed by atoms with Crippen LogP contribution in [0.25, 0.3) is 0 Å². The second kappa shape index (κ2) is 6.95. The summed E-state index contributed by atoms with van der Waals surface area (Å²) >= 11 is 0. The molecule has 0 aliphatic heterocycles. The van der Waals surface area contributed by atoms with E-state index in [-0.39, 0.29) is 17.9 Å². The zero-order chi connectivity index (χ0) is 17.9. The molecule has 3 nitrogen and oxygen atoms in total. The van der Waals surface area contributed by atoms with E-state index < -0.39 is 17.7 Å². The highest BCUT2D eigenvalue weighted by molar-refractivity contribution is 5.92. The Morgan fingerprint density at radius 1 is 1.21 bits per heavy atom. The van der Waals surface area contributed by atoms with Crippen molar-refractivity contribution >= 4 is 17.3 Å². The van der Waals surface area contributed by atoms with Crippen LogP contribution in [0, 0.1) is 6.92 Å². The third-order valence-electron chi connectivity index (χ3n) is 3.82.